The fourth-order valence-electron chi connectivity index (χ4n) is 2.78. The highest BCUT2D eigenvalue weighted by atomic mass is 16.7. The number of rotatable bonds is 5. The molecule has 0 aliphatic carbocycles. The van der Waals surface area contributed by atoms with Crippen LogP contribution in [-0.2, 0) is 17.8 Å². The van der Waals surface area contributed by atoms with Gasteiger partial charge in [0.15, 0.2) is 23.4 Å². The molecule has 24 heavy (non-hydrogen) atoms. The Hall–Kier alpha value is -2.56. The Morgan fingerprint density at radius 1 is 1.21 bits per heavy atom. The number of amides is 1. The molecule has 126 valence electrons. The molecule has 2 heterocycles. The molecular weight excluding hydrogens is 304 g/mol. The number of aromatic nitrogens is 1. The number of hydrogen-bond donors (Lipinski definition) is 1. The van der Waals surface area contributed by atoms with Gasteiger partial charge < -0.3 is 14.8 Å². The van der Waals surface area contributed by atoms with Crippen LogP contribution in [0.3, 0.4) is 0 Å². The van der Waals surface area contributed by atoms with Crippen LogP contribution in [0.1, 0.15) is 36.7 Å². The van der Waals surface area contributed by atoms with Gasteiger partial charge in [0.05, 0.1) is 0 Å². The van der Waals surface area contributed by atoms with E-state index in [1.165, 1.54) is 5.56 Å². The van der Waals surface area contributed by atoms with E-state index in [-0.39, 0.29) is 18.7 Å². The van der Waals surface area contributed by atoms with Crippen LogP contribution in [-0.4, -0.2) is 12.7 Å². The Bertz CT molecular complexity index is 758. The van der Waals surface area contributed by atoms with E-state index in [1.54, 1.807) is 0 Å². The summed E-state index contributed by atoms with van der Waals surface area (Å²) in [5, 5.41) is 3.00. The SMILES string of the molecule is CCc1ccc(C)[n+]([C@H](C)C(=O)NCc2ccc3c(c2)OCO3)c1. The zero-order valence-corrected chi connectivity index (χ0v) is 14.3. The van der Waals surface area contributed by atoms with Crippen LogP contribution in [0.15, 0.2) is 36.5 Å². The first-order valence-electron chi connectivity index (χ1n) is 8.25. The summed E-state index contributed by atoms with van der Waals surface area (Å²) in [7, 11) is 0. The molecule has 5 heteroatoms. The Balaban J connectivity index is 1.66. The Morgan fingerprint density at radius 3 is 2.75 bits per heavy atom. The monoisotopic (exact) mass is 327 g/mol. The summed E-state index contributed by atoms with van der Waals surface area (Å²) in [5.74, 6) is 1.48. The lowest BCUT2D eigenvalue weighted by atomic mass is 10.1. The van der Waals surface area contributed by atoms with Gasteiger partial charge in [-0.15, -0.1) is 0 Å². The molecule has 0 saturated carbocycles. The van der Waals surface area contributed by atoms with Gasteiger partial charge in [0.2, 0.25) is 12.8 Å². The molecule has 1 N–H and O–H groups in total. The van der Waals surface area contributed by atoms with Gasteiger partial charge in [0.1, 0.15) is 0 Å². The number of nitrogens with zero attached hydrogens (tertiary/aromatic N) is 1. The third-order valence-electron chi connectivity index (χ3n) is 4.36. The summed E-state index contributed by atoms with van der Waals surface area (Å²) in [6.07, 6.45) is 3.01. The van der Waals surface area contributed by atoms with Crippen molar-refractivity contribution >= 4 is 5.91 Å². The van der Waals surface area contributed by atoms with Crippen molar-refractivity contribution in [2.75, 3.05) is 6.79 Å². The van der Waals surface area contributed by atoms with Crippen molar-refractivity contribution < 1.29 is 18.8 Å². The molecule has 2 aromatic rings. The van der Waals surface area contributed by atoms with Crippen LogP contribution in [0.2, 0.25) is 0 Å². The van der Waals surface area contributed by atoms with Crippen molar-refractivity contribution in [3.63, 3.8) is 0 Å². The number of carbonyl (C=O) groups excluding carboxylic acids is 1. The largest absolute Gasteiger partial charge is 0.454 e. The number of carbonyl (C=O) groups is 1. The molecule has 1 aliphatic heterocycles. The molecule has 0 saturated heterocycles. The lowest BCUT2D eigenvalue weighted by Crippen LogP contribution is -2.48. The number of ether oxygens (including phenoxy) is 2. The maximum atomic E-state index is 12.5. The molecule has 0 unspecified atom stereocenters. The summed E-state index contributed by atoms with van der Waals surface area (Å²) in [6.45, 7) is 6.76. The molecule has 5 nitrogen and oxygen atoms in total. The molecular formula is C19H23N2O3+. The van der Waals surface area contributed by atoms with Crippen molar-refractivity contribution in [2.24, 2.45) is 0 Å². The van der Waals surface area contributed by atoms with Gasteiger partial charge >= 0.3 is 0 Å². The minimum atomic E-state index is -0.259. The van der Waals surface area contributed by atoms with E-state index in [0.29, 0.717) is 6.54 Å². The van der Waals surface area contributed by atoms with Crippen molar-refractivity contribution in [1.82, 2.24) is 5.32 Å². The number of benzene rings is 1. The minimum absolute atomic E-state index is 0.00554. The fourth-order valence-corrected chi connectivity index (χ4v) is 2.78. The fraction of sp³-hybridized carbons (Fsp3) is 0.368. The van der Waals surface area contributed by atoms with Crippen molar-refractivity contribution in [2.45, 2.75) is 39.8 Å². The third kappa shape index (κ3) is 3.35. The average molecular weight is 327 g/mol. The molecule has 3 rings (SSSR count). The van der Waals surface area contributed by atoms with Crippen LogP contribution in [0, 0.1) is 6.92 Å². The second-order valence-corrected chi connectivity index (χ2v) is 6.02. The predicted octanol–water partition coefficient (Wildman–Crippen LogP) is 2.45. The lowest BCUT2D eigenvalue weighted by molar-refractivity contribution is -0.712. The summed E-state index contributed by atoms with van der Waals surface area (Å²) in [4.78, 5) is 12.5. The quantitative estimate of drug-likeness (QED) is 0.858. The topological polar surface area (TPSA) is 51.4 Å². The molecule has 1 amide bonds. The summed E-state index contributed by atoms with van der Waals surface area (Å²) in [6, 6.07) is 9.61. The Kier molecular flexibility index (Phi) is 4.69. The standard InChI is InChI=1S/C19H22N2O3/c1-4-15-6-5-13(2)21(11-15)14(3)19(22)20-10-16-7-8-17-18(9-16)24-12-23-17/h5-9,11,14H,4,10,12H2,1-3H3/p+1/t14-/m1/s1. The van der Waals surface area contributed by atoms with Crippen molar-refractivity contribution in [1.29, 1.82) is 0 Å². The molecule has 0 spiro atoms. The Labute approximate surface area is 142 Å². The molecule has 0 radical (unpaired) electrons. The van der Waals surface area contributed by atoms with E-state index < -0.39 is 0 Å². The zero-order valence-electron chi connectivity index (χ0n) is 14.3. The first-order chi connectivity index (χ1) is 11.6. The lowest BCUT2D eigenvalue weighted by Gasteiger charge is -2.11. The smallest absolute Gasteiger partial charge is 0.289 e. The van der Waals surface area contributed by atoms with Crippen LogP contribution in [0.4, 0.5) is 0 Å². The van der Waals surface area contributed by atoms with E-state index in [0.717, 1.165) is 29.2 Å². The van der Waals surface area contributed by atoms with E-state index >= 15 is 0 Å². The van der Waals surface area contributed by atoms with E-state index in [4.69, 9.17) is 9.47 Å². The van der Waals surface area contributed by atoms with Crippen LogP contribution < -0.4 is 19.4 Å². The highest BCUT2D eigenvalue weighted by Crippen LogP contribution is 2.32. The van der Waals surface area contributed by atoms with E-state index in [9.17, 15) is 4.79 Å². The van der Waals surface area contributed by atoms with E-state index in [1.807, 2.05) is 36.6 Å². The minimum Gasteiger partial charge on any atom is -0.454 e. The summed E-state index contributed by atoms with van der Waals surface area (Å²) >= 11 is 0. The molecule has 1 aromatic heterocycles. The van der Waals surface area contributed by atoms with Crippen molar-refractivity contribution in [3.05, 3.63) is 53.3 Å². The first kappa shape index (κ1) is 16.3. The van der Waals surface area contributed by atoms with Gasteiger partial charge in [-0.1, -0.05) is 13.0 Å². The van der Waals surface area contributed by atoms with Gasteiger partial charge in [-0.05, 0) is 30.2 Å². The zero-order chi connectivity index (χ0) is 17.1. The molecule has 1 aliphatic rings. The maximum absolute atomic E-state index is 12.5. The summed E-state index contributed by atoms with van der Waals surface area (Å²) in [5.41, 5.74) is 3.28. The van der Waals surface area contributed by atoms with Crippen LogP contribution in [0.25, 0.3) is 0 Å². The number of nitrogens with one attached hydrogen (secondary N) is 1. The molecule has 1 atom stereocenters. The van der Waals surface area contributed by atoms with Gasteiger partial charge in [-0.2, -0.15) is 4.57 Å². The molecule has 0 bridgehead atoms. The molecule has 0 fully saturated rings. The first-order valence-corrected chi connectivity index (χ1v) is 8.25. The summed E-state index contributed by atoms with van der Waals surface area (Å²) < 4.78 is 12.7. The van der Waals surface area contributed by atoms with Crippen LogP contribution in [0.5, 0.6) is 11.5 Å². The van der Waals surface area contributed by atoms with Gasteiger partial charge in [-0.25, -0.2) is 0 Å². The molecule has 1 aromatic carbocycles. The number of pyridine rings is 1. The van der Waals surface area contributed by atoms with Gasteiger partial charge in [0.25, 0.3) is 5.91 Å². The average Bonchev–Trinajstić information content (AvgIpc) is 3.07. The highest BCUT2D eigenvalue weighted by molar-refractivity contribution is 5.78. The van der Waals surface area contributed by atoms with E-state index in [2.05, 4.69) is 30.6 Å². The van der Waals surface area contributed by atoms with Crippen molar-refractivity contribution in [3.8, 4) is 11.5 Å². The maximum Gasteiger partial charge on any atom is 0.289 e. The second-order valence-electron chi connectivity index (χ2n) is 6.02. The number of hydrogen-bond acceptors (Lipinski definition) is 3. The van der Waals surface area contributed by atoms with Gasteiger partial charge in [0, 0.05) is 32.0 Å². The number of aryl methyl sites for hydroxylation is 2. The second kappa shape index (κ2) is 6.91. The van der Waals surface area contributed by atoms with Crippen LogP contribution >= 0.6 is 0 Å². The normalized spacial score (nSPS) is 13.6. The number of fused-ring (bicyclic) bond motifs is 1. The third-order valence-corrected chi connectivity index (χ3v) is 4.36. The Morgan fingerprint density at radius 2 is 1.96 bits per heavy atom. The highest BCUT2D eigenvalue weighted by Gasteiger charge is 2.24. The van der Waals surface area contributed by atoms with Gasteiger partial charge in [-0.3, -0.25) is 4.79 Å². The predicted molar refractivity (Wildman–Crippen MR) is 89.9 cm³/mol.